The standard InChI is InChI=1S/C7H11N3O/c11-4-3-8-5-7-1-2-9-6-10-7/h1-2,6,8,11H,3-5H2. The molecule has 2 N–H and O–H groups in total. The van der Waals surface area contributed by atoms with Crippen LogP contribution in [-0.4, -0.2) is 28.2 Å². The molecular formula is C7H11N3O. The number of nitrogens with one attached hydrogen (secondary N) is 1. The number of nitrogens with zero attached hydrogens (tertiary/aromatic N) is 2. The molecule has 0 bridgehead atoms. The van der Waals surface area contributed by atoms with E-state index in [1.807, 2.05) is 6.07 Å². The van der Waals surface area contributed by atoms with Crippen LogP contribution in [0.25, 0.3) is 0 Å². The summed E-state index contributed by atoms with van der Waals surface area (Å²) in [5.74, 6) is 0. The summed E-state index contributed by atoms with van der Waals surface area (Å²) in [4.78, 5) is 7.78. The van der Waals surface area contributed by atoms with Crippen LogP contribution in [0.5, 0.6) is 0 Å². The van der Waals surface area contributed by atoms with Gasteiger partial charge in [-0.25, -0.2) is 9.97 Å². The molecule has 60 valence electrons. The Hall–Kier alpha value is -1.00. The SMILES string of the molecule is OCCNCc1ccncn1. The average molecular weight is 153 g/mol. The first-order chi connectivity index (χ1) is 5.43. The van der Waals surface area contributed by atoms with Crippen molar-refractivity contribution in [1.29, 1.82) is 0 Å². The number of rotatable bonds is 4. The summed E-state index contributed by atoms with van der Waals surface area (Å²) >= 11 is 0. The normalized spacial score (nSPS) is 9.91. The van der Waals surface area contributed by atoms with Gasteiger partial charge >= 0.3 is 0 Å². The molecule has 0 aliphatic heterocycles. The molecule has 11 heavy (non-hydrogen) atoms. The first kappa shape index (κ1) is 8.10. The van der Waals surface area contributed by atoms with Gasteiger partial charge in [-0.3, -0.25) is 0 Å². The van der Waals surface area contributed by atoms with Crippen molar-refractivity contribution in [3.63, 3.8) is 0 Å². The van der Waals surface area contributed by atoms with Crippen LogP contribution in [0.2, 0.25) is 0 Å². The van der Waals surface area contributed by atoms with Crippen molar-refractivity contribution in [1.82, 2.24) is 15.3 Å². The molecule has 0 fully saturated rings. The van der Waals surface area contributed by atoms with E-state index in [-0.39, 0.29) is 6.61 Å². The zero-order chi connectivity index (χ0) is 7.94. The van der Waals surface area contributed by atoms with Gasteiger partial charge < -0.3 is 10.4 Å². The lowest BCUT2D eigenvalue weighted by atomic mass is 10.4. The fourth-order valence-corrected chi connectivity index (χ4v) is 0.718. The largest absolute Gasteiger partial charge is 0.395 e. The van der Waals surface area contributed by atoms with Crippen LogP contribution in [-0.2, 0) is 6.54 Å². The van der Waals surface area contributed by atoms with Crippen LogP contribution >= 0.6 is 0 Å². The lowest BCUT2D eigenvalue weighted by Crippen LogP contribution is -2.18. The summed E-state index contributed by atoms with van der Waals surface area (Å²) < 4.78 is 0. The van der Waals surface area contributed by atoms with E-state index in [4.69, 9.17) is 5.11 Å². The number of aromatic nitrogens is 2. The average Bonchev–Trinajstić information content (AvgIpc) is 2.07. The van der Waals surface area contributed by atoms with Crippen molar-refractivity contribution in [2.24, 2.45) is 0 Å². The lowest BCUT2D eigenvalue weighted by molar-refractivity contribution is 0.291. The van der Waals surface area contributed by atoms with Gasteiger partial charge in [-0.05, 0) is 6.07 Å². The maximum Gasteiger partial charge on any atom is 0.115 e. The maximum absolute atomic E-state index is 8.45. The Labute approximate surface area is 65.3 Å². The maximum atomic E-state index is 8.45. The highest BCUT2D eigenvalue weighted by Crippen LogP contribution is 1.88. The van der Waals surface area contributed by atoms with Gasteiger partial charge in [0.1, 0.15) is 6.33 Å². The van der Waals surface area contributed by atoms with Crippen LogP contribution in [0.1, 0.15) is 5.69 Å². The first-order valence-electron chi connectivity index (χ1n) is 3.50. The Morgan fingerprint density at radius 3 is 3.09 bits per heavy atom. The molecule has 0 saturated heterocycles. The lowest BCUT2D eigenvalue weighted by Gasteiger charge is -1.99. The highest BCUT2D eigenvalue weighted by Gasteiger charge is 1.89. The molecule has 0 aromatic carbocycles. The Bertz CT molecular complexity index is 190. The van der Waals surface area contributed by atoms with Gasteiger partial charge in [0, 0.05) is 19.3 Å². The Morgan fingerprint density at radius 1 is 1.55 bits per heavy atom. The monoisotopic (exact) mass is 153 g/mol. The van der Waals surface area contributed by atoms with Crippen molar-refractivity contribution in [3.05, 3.63) is 24.3 Å². The van der Waals surface area contributed by atoms with E-state index in [0.29, 0.717) is 13.1 Å². The Balaban J connectivity index is 2.28. The van der Waals surface area contributed by atoms with Crippen molar-refractivity contribution in [3.8, 4) is 0 Å². The van der Waals surface area contributed by atoms with Gasteiger partial charge in [-0.15, -0.1) is 0 Å². The van der Waals surface area contributed by atoms with Crippen molar-refractivity contribution in [2.45, 2.75) is 6.54 Å². The molecule has 4 nitrogen and oxygen atoms in total. The first-order valence-corrected chi connectivity index (χ1v) is 3.50. The number of aliphatic hydroxyl groups is 1. The smallest absolute Gasteiger partial charge is 0.115 e. The fraction of sp³-hybridized carbons (Fsp3) is 0.429. The summed E-state index contributed by atoms with van der Waals surface area (Å²) in [7, 11) is 0. The van der Waals surface area contributed by atoms with E-state index in [9.17, 15) is 0 Å². The van der Waals surface area contributed by atoms with E-state index in [1.54, 1.807) is 6.20 Å². The molecule has 0 unspecified atom stereocenters. The molecule has 0 spiro atoms. The highest BCUT2D eigenvalue weighted by atomic mass is 16.3. The van der Waals surface area contributed by atoms with Gasteiger partial charge in [0.25, 0.3) is 0 Å². The van der Waals surface area contributed by atoms with Crippen LogP contribution in [0.15, 0.2) is 18.6 Å². The molecule has 0 aliphatic rings. The number of hydrogen-bond donors (Lipinski definition) is 2. The summed E-state index contributed by atoms with van der Waals surface area (Å²) in [6.07, 6.45) is 3.21. The molecule has 1 aromatic heterocycles. The quantitative estimate of drug-likeness (QED) is 0.576. The van der Waals surface area contributed by atoms with Gasteiger partial charge in [0.05, 0.1) is 12.3 Å². The van der Waals surface area contributed by atoms with Crippen LogP contribution in [0.3, 0.4) is 0 Å². The molecule has 0 atom stereocenters. The third kappa shape index (κ3) is 3.06. The van der Waals surface area contributed by atoms with E-state index in [2.05, 4.69) is 15.3 Å². The summed E-state index contributed by atoms with van der Waals surface area (Å²) in [6, 6.07) is 1.84. The van der Waals surface area contributed by atoms with Crippen molar-refractivity contribution < 1.29 is 5.11 Å². The van der Waals surface area contributed by atoms with E-state index in [0.717, 1.165) is 5.69 Å². The minimum Gasteiger partial charge on any atom is -0.395 e. The zero-order valence-electron chi connectivity index (χ0n) is 6.20. The van der Waals surface area contributed by atoms with E-state index in [1.165, 1.54) is 6.33 Å². The third-order valence-electron chi connectivity index (χ3n) is 1.24. The minimum atomic E-state index is 0.158. The highest BCUT2D eigenvalue weighted by molar-refractivity contribution is 4.96. The summed E-state index contributed by atoms with van der Waals surface area (Å²) in [6.45, 7) is 1.44. The minimum absolute atomic E-state index is 0.158. The van der Waals surface area contributed by atoms with Gasteiger partial charge in [-0.2, -0.15) is 0 Å². The number of hydrogen-bond acceptors (Lipinski definition) is 4. The Kier molecular flexibility index (Phi) is 3.51. The predicted molar refractivity (Wildman–Crippen MR) is 40.8 cm³/mol. The summed E-state index contributed by atoms with van der Waals surface area (Å²) in [5, 5.41) is 11.5. The van der Waals surface area contributed by atoms with Crippen LogP contribution < -0.4 is 5.32 Å². The molecule has 0 amide bonds. The molecule has 0 radical (unpaired) electrons. The second-order valence-corrected chi connectivity index (χ2v) is 2.10. The topological polar surface area (TPSA) is 58.0 Å². The molecule has 1 rings (SSSR count). The van der Waals surface area contributed by atoms with E-state index < -0.39 is 0 Å². The third-order valence-corrected chi connectivity index (χ3v) is 1.24. The second kappa shape index (κ2) is 4.76. The molecule has 0 aliphatic carbocycles. The predicted octanol–water partition coefficient (Wildman–Crippen LogP) is -0.442. The fourth-order valence-electron chi connectivity index (χ4n) is 0.718. The Morgan fingerprint density at radius 2 is 2.45 bits per heavy atom. The van der Waals surface area contributed by atoms with Gasteiger partial charge in [0.15, 0.2) is 0 Å². The van der Waals surface area contributed by atoms with E-state index >= 15 is 0 Å². The van der Waals surface area contributed by atoms with Gasteiger partial charge in [0.2, 0.25) is 0 Å². The van der Waals surface area contributed by atoms with Gasteiger partial charge in [-0.1, -0.05) is 0 Å². The molecular weight excluding hydrogens is 142 g/mol. The molecule has 1 aromatic rings. The second-order valence-electron chi connectivity index (χ2n) is 2.10. The van der Waals surface area contributed by atoms with Crippen LogP contribution in [0.4, 0.5) is 0 Å². The number of aliphatic hydroxyl groups excluding tert-OH is 1. The molecule has 0 saturated carbocycles. The molecule has 1 heterocycles. The summed E-state index contributed by atoms with van der Waals surface area (Å²) in [5.41, 5.74) is 0.938. The van der Waals surface area contributed by atoms with Crippen molar-refractivity contribution in [2.75, 3.05) is 13.2 Å². The van der Waals surface area contributed by atoms with Crippen molar-refractivity contribution >= 4 is 0 Å². The molecule has 4 heteroatoms. The zero-order valence-corrected chi connectivity index (χ0v) is 6.20. The van der Waals surface area contributed by atoms with Crippen LogP contribution in [0, 0.1) is 0 Å².